The second-order valence-electron chi connectivity index (χ2n) is 5.13. The monoisotopic (exact) mass is 288 g/mol. The summed E-state index contributed by atoms with van der Waals surface area (Å²) >= 11 is 0. The Morgan fingerprint density at radius 1 is 1.00 bits per heavy atom. The van der Waals surface area contributed by atoms with E-state index in [4.69, 9.17) is 9.84 Å². The first-order chi connectivity index (χ1) is 10.0. The molecule has 0 aliphatic carbocycles. The molecule has 21 heavy (non-hydrogen) atoms. The lowest BCUT2D eigenvalue weighted by atomic mass is 10.0. The van der Waals surface area contributed by atoms with Crippen molar-refractivity contribution in [1.29, 1.82) is 0 Å². The van der Waals surface area contributed by atoms with Crippen LogP contribution in [0.3, 0.4) is 0 Å². The molecule has 0 heterocycles. The van der Waals surface area contributed by atoms with Gasteiger partial charge in [-0.2, -0.15) is 0 Å². The normalized spacial score (nSPS) is 12.2. The van der Waals surface area contributed by atoms with Gasteiger partial charge in [0.1, 0.15) is 24.2 Å². The Morgan fingerprint density at radius 2 is 1.62 bits per heavy atom. The zero-order valence-electron chi connectivity index (χ0n) is 12.2. The van der Waals surface area contributed by atoms with Gasteiger partial charge in [0.15, 0.2) is 0 Å². The van der Waals surface area contributed by atoms with Crippen molar-refractivity contribution in [2.24, 2.45) is 0 Å². The van der Waals surface area contributed by atoms with Gasteiger partial charge in [0.2, 0.25) is 0 Å². The predicted molar refractivity (Wildman–Crippen MR) is 81.6 cm³/mol. The smallest absolute Gasteiger partial charge is 0.122 e. The lowest BCUT2D eigenvalue weighted by Gasteiger charge is -2.13. The molecule has 0 aromatic heterocycles. The van der Waals surface area contributed by atoms with Crippen LogP contribution in [0.15, 0.2) is 36.4 Å². The van der Waals surface area contributed by atoms with Crippen LogP contribution in [0.4, 0.5) is 0 Å². The molecule has 4 heteroatoms. The summed E-state index contributed by atoms with van der Waals surface area (Å²) in [6.07, 6.45) is -0.892. The summed E-state index contributed by atoms with van der Waals surface area (Å²) in [4.78, 5) is 0. The Labute approximate surface area is 124 Å². The van der Waals surface area contributed by atoms with Gasteiger partial charge in [-0.25, -0.2) is 0 Å². The number of ether oxygens (including phenoxy) is 1. The number of phenols is 1. The molecule has 0 radical (unpaired) electrons. The number of phenolic OH excluding ortho intramolecular Hbond substituents is 1. The van der Waals surface area contributed by atoms with Gasteiger partial charge in [0.25, 0.3) is 0 Å². The van der Waals surface area contributed by atoms with E-state index in [2.05, 4.69) is 0 Å². The average molecular weight is 288 g/mol. The van der Waals surface area contributed by atoms with Gasteiger partial charge in [0.05, 0.1) is 6.61 Å². The van der Waals surface area contributed by atoms with Gasteiger partial charge in [-0.15, -0.1) is 0 Å². The van der Waals surface area contributed by atoms with Crippen molar-refractivity contribution in [2.75, 3.05) is 13.2 Å². The third-order valence-corrected chi connectivity index (χ3v) is 3.37. The van der Waals surface area contributed by atoms with Crippen molar-refractivity contribution in [3.05, 3.63) is 47.5 Å². The average Bonchev–Trinajstić information content (AvgIpc) is 2.49. The summed E-state index contributed by atoms with van der Waals surface area (Å²) in [7, 11) is 0. The highest BCUT2D eigenvalue weighted by Gasteiger charge is 2.08. The molecule has 0 saturated carbocycles. The highest BCUT2D eigenvalue weighted by atomic mass is 16.5. The van der Waals surface area contributed by atoms with E-state index in [1.165, 1.54) is 0 Å². The largest absolute Gasteiger partial charge is 0.508 e. The molecule has 112 valence electrons. The van der Waals surface area contributed by atoms with E-state index >= 15 is 0 Å². The number of aliphatic hydroxyl groups excluding tert-OH is 2. The van der Waals surface area contributed by atoms with Crippen LogP contribution in [0.25, 0.3) is 11.1 Å². The Hall–Kier alpha value is -2.04. The first-order valence-corrected chi connectivity index (χ1v) is 6.83. The van der Waals surface area contributed by atoms with Crippen LogP contribution in [0.5, 0.6) is 11.5 Å². The standard InChI is InChI=1S/C17H20O4/c1-11-3-5-13(7-16(11)20)14-6-4-12(2)17(8-14)21-10-15(19)9-18/h3-8,15,18-20H,9-10H2,1-2H3. The third kappa shape index (κ3) is 3.74. The fraction of sp³-hybridized carbons (Fsp3) is 0.294. The van der Waals surface area contributed by atoms with E-state index in [1.807, 2.05) is 44.2 Å². The van der Waals surface area contributed by atoms with Crippen LogP contribution in [0.2, 0.25) is 0 Å². The van der Waals surface area contributed by atoms with Crippen LogP contribution >= 0.6 is 0 Å². The van der Waals surface area contributed by atoms with Crippen LogP contribution in [0.1, 0.15) is 11.1 Å². The fourth-order valence-electron chi connectivity index (χ4n) is 1.96. The van der Waals surface area contributed by atoms with Gasteiger partial charge in [-0.1, -0.05) is 24.3 Å². The number of aliphatic hydroxyl groups is 2. The SMILES string of the molecule is Cc1ccc(-c2ccc(C)c(OCC(O)CO)c2)cc1O. The minimum Gasteiger partial charge on any atom is -0.508 e. The zero-order valence-corrected chi connectivity index (χ0v) is 12.2. The summed E-state index contributed by atoms with van der Waals surface area (Å²) in [6, 6.07) is 11.3. The first-order valence-electron chi connectivity index (χ1n) is 6.83. The summed E-state index contributed by atoms with van der Waals surface area (Å²) in [5.74, 6) is 0.909. The van der Waals surface area contributed by atoms with E-state index in [-0.39, 0.29) is 19.0 Å². The first kappa shape index (κ1) is 15.4. The van der Waals surface area contributed by atoms with Crippen LogP contribution in [-0.4, -0.2) is 34.6 Å². The molecule has 2 aromatic rings. The Bertz CT molecular complexity index is 622. The van der Waals surface area contributed by atoms with Gasteiger partial charge < -0.3 is 20.1 Å². The van der Waals surface area contributed by atoms with Gasteiger partial charge in [-0.05, 0) is 48.2 Å². The lowest BCUT2D eigenvalue weighted by molar-refractivity contribution is 0.0534. The van der Waals surface area contributed by atoms with E-state index in [0.717, 1.165) is 22.3 Å². The van der Waals surface area contributed by atoms with E-state index < -0.39 is 6.10 Å². The molecule has 0 aliphatic heterocycles. The number of rotatable bonds is 5. The van der Waals surface area contributed by atoms with Crippen LogP contribution in [-0.2, 0) is 0 Å². The quantitative estimate of drug-likeness (QED) is 0.790. The molecule has 0 amide bonds. The van der Waals surface area contributed by atoms with Gasteiger partial charge in [0, 0.05) is 0 Å². The van der Waals surface area contributed by atoms with Crippen molar-refractivity contribution in [1.82, 2.24) is 0 Å². The Kier molecular flexibility index (Phi) is 4.83. The van der Waals surface area contributed by atoms with Gasteiger partial charge >= 0.3 is 0 Å². The summed E-state index contributed by atoms with van der Waals surface area (Å²) in [5, 5.41) is 28.0. The molecule has 0 aliphatic rings. The zero-order chi connectivity index (χ0) is 15.4. The second kappa shape index (κ2) is 6.61. The molecule has 2 rings (SSSR count). The number of aromatic hydroxyl groups is 1. The minimum atomic E-state index is -0.892. The Morgan fingerprint density at radius 3 is 2.24 bits per heavy atom. The maximum Gasteiger partial charge on any atom is 0.122 e. The highest BCUT2D eigenvalue weighted by molar-refractivity contribution is 5.68. The third-order valence-electron chi connectivity index (χ3n) is 3.37. The van der Waals surface area contributed by atoms with Crippen molar-refractivity contribution >= 4 is 0 Å². The predicted octanol–water partition coefficient (Wildman–Crippen LogP) is 2.41. The Balaban J connectivity index is 2.27. The van der Waals surface area contributed by atoms with Crippen molar-refractivity contribution in [3.63, 3.8) is 0 Å². The maximum atomic E-state index is 9.80. The number of aryl methyl sites for hydroxylation is 2. The molecule has 0 fully saturated rings. The highest BCUT2D eigenvalue weighted by Crippen LogP contribution is 2.30. The van der Waals surface area contributed by atoms with Crippen LogP contribution in [0, 0.1) is 13.8 Å². The van der Waals surface area contributed by atoms with Gasteiger partial charge in [-0.3, -0.25) is 0 Å². The summed E-state index contributed by atoms with van der Waals surface area (Å²) in [5.41, 5.74) is 3.59. The number of hydrogen-bond acceptors (Lipinski definition) is 4. The van der Waals surface area contributed by atoms with Crippen molar-refractivity contribution in [2.45, 2.75) is 20.0 Å². The van der Waals surface area contributed by atoms with Crippen LogP contribution < -0.4 is 4.74 Å². The second-order valence-corrected chi connectivity index (χ2v) is 5.13. The molecule has 0 saturated heterocycles. The van der Waals surface area contributed by atoms with Crippen molar-refractivity contribution < 1.29 is 20.1 Å². The molecular weight excluding hydrogens is 268 g/mol. The number of benzene rings is 2. The van der Waals surface area contributed by atoms with E-state index in [9.17, 15) is 10.2 Å². The van der Waals surface area contributed by atoms with E-state index in [1.54, 1.807) is 6.07 Å². The fourth-order valence-corrected chi connectivity index (χ4v) is 1.96. The summed E-state index contributed by atoms with van der Waals surface area (Å²) < 4.78 is 5.53. The lowest BCUT2D eigenvalue weighted by Crippen LogP contribution is -2.21. The molecule has 0 bridgehead atoms. The molecule has 0 spiro atoms. The molecule has 1 atom stereocenters. The maximum absolute atomic E-state index is 9.80. The van der Waals surface area contributed by atoms with E-state index in [0.29, 0.717) is 5.75 Å². The molecule has 2 aromatic carbocycles. The topological polar surface area (TPSA) is 69.9 Å². The summed E-state index contributed by atoms with van der Waals surface area (Å²) in [6.45, 7) is 3.47. The molecule has 1 unspecified atom stereocenters. The molecule has 4 nitrogen and oxygen atoms in total. The minimum absolute atomic E-state index is 0.0416. The number of hydrogen-bond donors (Lipinski definition) is 3. The molecular formula is C17H20O4. The van der Waals surface area contributed by atoms with Crippen molar-refractivity contribution in [3.8, 4) is 22.6 Å². The molecule has 3 N–H and O–H groups in total.